The smallest absolute Gasteiger partial charge is 0.416 e. The minimum absolute atomic E-state index is 0.0277. The first-order valence-corrected chi connectivity index (χ1v) is 9.52. The Morgan fingerprint density at radius 2 is 1.93 bits per heavy atom. The van der Waals surface area contributed by atoms with Gasteiger partial charge in [0.2, 0.25) is 6.79 Å². The standard InChI is InChI=1S/C21H20F3NO5/c22-21(23,24)15-6-14(13-3-4-18-19(8-13)30-12-29-18)7-17(9-15)28-11-20(26)25-10-16-2-1-5-27-16/h3-4,6-9,16H,1-2,5,10-12H2,(H,25,26). The molecule has 0 aromatic heterocycles. The summed E-state index contributed by atoms with van der Waals surface area (Å²) in [6.07, 6.45) is -2.77. The molecule has 0 spiro atoms. The zero-order valence-corrected chi connectivity index (χ0v) is 16.0. The summed E-state index contributed by atoms with van der Waals surface area (Å²) in [5.41, 5.74) is -0.0663. The summed E-state index contributed by atoms with van der Waals surface area (Å²) in [6.45, 7) is 0.697. The highest BCUT2D eigenvalue weighted by Gasteiger charge is 2.32. The van der Waals surface area contributed by atoms with Crippen molar-refractivity contribution in [2.75, 3.05) is 26.6 Å². The van der Waals surface area contributed by atoms with Gasteiger partial charge >= 0.3 is 6.18 Å². The SMILES string of the molecule is O=C(COc1cc(-c2ccc3c(c2)OCO3)cc(C(F)(F)F)c1)NCC1CCCO1. The Morgan fingerprint density at radius 1 is 1.10 bits per heavy atom. The number of halogens is 3. The third kappa shape index (κ3) is 4.79. The molecule has 6 nitrogen and oxygen atoms in total. The summed E-state index contributed by atoms with van der Waals surface area (Å²) in [4.78, 5) is 12.0. The molecule has 4 rings (SSSR count). The number of carbonyl (C=O) groups excluding carboxylic acids is 1. The van der Waals surface area contributed by atoms with Gasteiger partial charge in [-0.25, -0.2) is 0 Å². The van der Waals surface area contributed by atoms with Crippen LogP contribution < -0.4 is 19.5 Å². The normalized spacial score (nSPS) is 17.8. The van der Waals surface area contributed by atoms with Crippen LogP contribution in [0.2, 0.25) is 0 Å². The third-order valence-electron chi connectivity index (χ3n) is 4.86. The van der Waals surface area contributed by atoms with E-state index >= 15 is 0 Å². The number of rotatable bonds is 6. The maximum absolute atomic E-state index is 13.4. The second kappa shape index (κ2) is 8.43. The van der Waals surface area contributed by atoms with Crippen molar-refractivity contribution >= 4 is 5.91 Å². The van der Waals surface area contributed by atoms with Gasteiger partial charge in [0.15, 0.2) is 18.1 Å². The maximum Gasteiger partial charge on any atom is 0.416 e. The second-order valence-corrected chi connectivity index (χ2v) is 7.04. The first kappa shape index (κ1) is 20.3. The Bertz CT molecular complexity index is 925. The number of benzene rings is 2. The van der Waals surface area contributed by atoms with Gasteiger partial charge in [-0.1, -0.05) is 6.07 Å². The lowest BCUT2D eigenvalue weighted by atomic mass is 10.0. The number of nitrogens with one attached hydrogen (secondary N) is 1. The Morgan fingerprint density at radius 3 is 2.70 bits per heavy atom. The van der Waals surface area contributed by atoms with Crippen LogP contribution in [-0.2, 0) is 15.7 Å². The zero-order chi connectivity index (χ0) is 21.1. The number of hydrogen-bond donors (Lipinski definition) is 1. The van der Waals surface area contributed by atoms with Crippen molar-refractivity contribution in [3.05, 3.63) is 42.0 Å². The highest BCUT2D eigenvalue weighted by Crippen LogP contribution is 2.39. The minimum Gasteiger partial charge on any atom is -0.484 e. The van der Waals surface area contributed by atoms with E-state index in [1.54, 1.807) is 18.2 Å². The number of alkyl halides is 3. The molecule has 160 valence electrons. The lowest BCUT2D eigenvalue weighted by Gasteiger charge is -2.14. The zero-order valence-electron chi connectivity index (χ0n) is 16.0. The van der Waals surface area contributed by atoms with Crippen molar-refractivity contribution in [1.29, 1.82) is 0 Å². The molecule has 0 aliphatic carbocycles. The Hall–Kier alpha value is -2.94. The van der Waals surface area contributed by atoms with E-state index < -0.39 is 24.3 Å². The monoisotopic (exact) mass is 423 g/mol. The summed E-state index contributed by atoms with van der Waals surface area (Å²) >= 11 is 0. The number of hydrogen-bond acceptors (Lipinski definition) is 5. The molecule has 1 atom stereocenters. The quantitative estimate of drug-likeness (QED) is 0.766. The first-order chi connectivity index (χ1) is 14.4. The fourth-order valence-corrected chi connectivity index (χ4v) is 3.32. The van der Waals surface area contributed by atoms with E-state index in [2.05, 4.69) is 5.32 Å². The van der Waals surface area contributed by atoms with Crippen molar-refractivity contribution in [2.45, 2.75) is 25.1 Å². The van der Waals surface area contributed by atoms with Crippen LogP contribution in [0.5, 0.6) is 17.2 Å². The van der Waals surface area contributed by atoms with E-state index in [4.69, 9.17) is 18.9 Å². The van der Waals surface area contributed by atoms with E-state index in [0.29, 0.717) is 30.2 Å². The highest BCUT2D eigenvalue weighted by atomic mass is 19.4. The molecule has 1 amide bonds. The van der Waals surface area contributed by atoms with E-state index in [0.717, 1.165) is 25.0 Å². The molecule has 0 radical (unpaired) electrons. The van der Waals surface area contributed by atoms with Crippen molar-refractivity contribution in [1.82, 2.24) is 5.32 Å². The van der Waals surface area contributed by atoms with Crippen molar-refractivity contribution in [3.63, 3.8) is 0 Å². The van der Waals surface area contributed by atoms with Crippen LogP contribution in [0.3, 0.4) is 0 Å². The van der Waals surface area contributed by atoms with Gasteiger partial charge in [-0.05, 0) is 54.3 Å². The van der Waals surface area contributed by atoms with Crippen LogP contribution in [0.1, 0.15) is 18.4 Å². The van der Waals surface area contributed by atoms with Crippen molar-refractivity contribution in [3.8, 4) is 28.4 Å². The summed E-state index contributed by atoms with van der Waals surface area (Å²) < 4.78 is 61.5. The second-order valence-electron chi connectivity index (χ2n) is 7.04. The van der Waals surface area contributed by atoms with Gasteiger partial charge in [-0.3, -0.25) is 4.79 Å². The fraction of sp³-hybridized carbons (Fsp3) is 0.381. The molecular formula is C21H20F3NO5. The highest BCUT2D eigenvalue weighted by molar-refractivity contribution is 5.77. The van der Waals surface area contributed by atoms with Gasteiger partial charge < -0.3 is 24.3 Å². The molecule has 2 aliphatic rings. The Labute approximate surface area is 170 Å². The van der Waals surface area contributed by atoms with E-state index in [-0.39, 0.29) is 24.2 Å². The summed E-state index contributed by atoms with van der Waals surface area (Å²) in [5, 5.41) is 2.67. The Kier molecular flexibility index (Phi) is 5.72. The molecule has 9 heteroatoms. The lowest BCUT2D eigenvalue weighted by Crippen LogP contribution is -2.35. The predicted molar refractivity (Wildman–Crippen MR) is 100 cm³/mol. The van der Waals surface area contributed by atoms with E-state index in [9.17, 15) is 18.0 Å². The molecule has 1 saturated heterocycles. The molecule has 2 aromatic rings. The molecule has 30 heavy (non-hydrogen) atoms. The molecule has 1 N–H and O–H groups in total. The first-order valence-electron chi connectivity index (χ1n) is 9.52. The van der Waals surface area contributed by atoms with Crippen molar-refractivity contribution < 1.29 is 36.9 Å². The van der Waals surface area contributed by atoms with Crippen LogP contribution in [0, 0.1) is 0 Å². The molecule has 2 aromatic carbocycles. The fourth-order valence-electron chi connectivity index (χ4n) is 3.32. The molecule has 2 aliphatic heterocycles. The number of carbonyl (C=O) groups is 1. The number of ether oxygens (including phenoxy) is 4. The summed E-state index contributed by atoms with van der Waals surface area (Å²) in [7, 11) is 0. The Balaban J connectivity index is 1.49. The number of amides is 1. The van der Waals surface area contributed by atoms with Crippen LogP contribution in [0.25, 0.3) is 11.1 Å². The largest absolute Gasteiger partial charge is 0.484 e. The van der Waals surface area contributed by atoms with Crippen LogP contribution in [0.4, 0.5) is 13.2 Å². The topological polar surface area (TPSA) is 66.0 Å². The average molecular weight is 423 g/mol. The van der Waals surface area contributed by atoms with Gasteiger partial charge in [-0.15, -0.1) is 0 Å². The lowest BCUT2D eigenvalue weighted by molar-refractivity contribution is -0.137. The summed E-state index contributed by atoms with van der Waals surface area (Å²) in [6, 6.07) is 8.25. The molecule has 0 bridgehead atoms. The average Bonchev–Trinajstić information content (AvgIpc) is 3.41. The molecule has 1 unspecified atom stereocenters. The minimum atomic E-state index is -4.56. The molecule has 0 saturated carbocycles. The van der Waals surface area contributed by atoms with Crippen LogP contribution >= 0.6 is 0 Å². The van der Waals surface area contributed by atoms with Gasteiger partial charge in [-0.2, -0.15) is 13.2 Å². The summed E-state index contributed by atoms with van der Waals surface area (Å²) in [5.74, 6) is 0.517. The molecule has 1 fully saturated rings. The van der Waals surface area contributed by atoms with Gasteiger partial charge in [0, 0.05) is 13.2 Å². The maximum atomic E-state index is 13.4. The molecular weight excluding hydrogens is 403 g/mol. The van der Waals surface area contributed by atoms with Gasteiger partial charge in [0.25, 0.3) is 5.91 Å². The molecule has 2 heterocycles. The number of fused-ring (bicyclic) bond motifs is 1. The predicted octanol–water partition coefficient (Wildman–Crippen LogP) is 3.78. The van der Waals surface area contributed by atoms with Crippen LogP contribution in [-0.4, -0.2) is 38.6 Å². The van der Waals surface area contributed by atoms with Gasteiger partial charge in [0.05, 0.1) is 11.7 Å². The van der Waals surface area contributed by atoms with E-state index in [1.165, 1.54) is 6.07 Å². The van der Waals surface area contributed by atoms with Crippen LogP contribution in [0.15, 0.2) is 36.4 Å². The van der Waals surface area contributed by atoms with Crippen molar-refractivity contribution in [2.24, 2.45) is 0 Å². The van der Waals surface area contributed by atoms with Gasteiger partial charge in [0.1, 0.15) is 5.75 Å². The third-order valence-corrected chi connectivity index (χ3v) is 4.86. The van der Waals surface area contributed by atoms with E-state index in [1.807, 2.05) is 0 Å².